The smallest absolute Gasteiger partial charge is 0.271 e. The largest absolute Gasteiger partial charge is 0.506 e. The van der Waals surface area contributed by atoms with Crippen molar-refractivity contribution in [2.45, 2.75) is 0 Å². The average molecular weight is 352 g/mol. The summed E-state index contributed by atoms with van der Waals surface area (Å²) in [5.41, 5.74) is 5.33. The number of nitrogens with zero attached hydrogens (tertiary/aromatic N) is 2. The summed E-state index contributed by atoms with van der Waals surface area (Å²) in [5, 5.41) is 19.6. The Morgan fingerprint density at radius 1 is 1.39 bits per heavy atom. The van der Waals surface area contributed by atoms with E-state index in [1.165, 1.54) is 6.07 Å². The number of carbonyl (C=O) groups excluding carboxylic acids is 1. The Hall–Kier alpha value is -1.31. The first-order chi connectivity index (χ1) is 8.43. The van der Waals surface area contributed by atoms with E-state index in [0.29, 0.717) is 4.47 Å². The minimum Gasteiger partial charge on any atom is -0.506 e. The molecule has 1 heterocycles. The maximum atomic E-state index is 11.2. The number of halogens is 3. The van der Waals surface area contributed by atoms with Crippen molar-refractivity contribution in [2.75, 3.05) is 0 Å². The molecule has 0 aliphatic rings. The zero-order chi connectivity index (χ0) is 13.4. The van der Waals surface area contributed by atoms with Crippen LogP contribution in [0, 0.1) is 0 Å². The first kappa shape index (κ1) is 13.1. The van der Waals surface area contributed by atoms with E-state index in [4.69, 9.17) is 28.9 Å². The van der Waals surface area contributed by atoms with Gasteiger partial charge in [-0.2, -0.15) is 15.4 Å². The van der Waals surface area contributed by atoms with Gasteiger partial charge < -0.3 is 10.8 Å². The number of nitrogens with two attached hydrogens (primary N) is 1. The summed E-state index contributed by atoms with van der Waals surface area (Å²) in [5.74, 6) is -1.08. The maximum absolute atomic E-state index is 11.2. The van der Waals surface area contributed by atoms with Gasteiger partial charge in [0, 0.05) is 10.0 Å². The van der Waals surface area contributed by atoms with Crippen LogP contribution in [0.4, 0.5) is 0 Å². The summed E-state index contributed by atoms with van der Waals surface area (Å²) >= 11 is 14.9. The molecule has 0 radical (unpaired) electrons. The number of aromatic amines is 1. The third-order valence-electron chi connectivity index (χ3n) is 2.17. The Bertz CT molecular complexity index is 644. The van der Waals surface area contributed by atoms with Gasteiger partial charge >= 0.3 is 0 Å². The zero-order valence-electron chi connectivity index (χ0n) is 8.54. The molecule has 9 heteroatoms. The highest BCUT2D eigenvalue weighted by Crippen LogP contribution is 2.43. The number of phenolic OH excluding ortho intramolecular Hbond substituents is 1. The fraction of sp³-hybridized carbons (Fsp3) is 0. The predicted molar refractivity (Wildman–Crippen MR) is 69.7 cm³/mol. The highest BCUT2D eigenvalue weighted by molar-refractivity contribution is 9.10. The van der Waals surface area contributed by atoms with Crippen LogP contribution in [0.2, 0.25) is 10.0 Å². The number of aromatic hydroxyl groups is 1. The van der Waals surface area contributed by atoms with Crippen molar-refractivity contribution in [3.63, 3.8) is 0 Å². The van der Waals surface area contributed by atoms with Gasteiger partial charge in [-0.05, 0) is 22.0 Å². The van der Waals surface area contributed by atoms with Gasteiger partial charge in [-0.3, -0.25) is 4.79 Å². The number of hydrogen-bond acceptors (Lipinski definition) is 4. The SMILES string of the molecule is NC(=O)c1n[nH]nc1-c1cc(Br)c(Cl)c(Cl)c1O. The van der Waals surface area contributed by atoms with Crippen LogP contribution in [0.3, 0.4) is 0 Å². The van der Waals surface area contributed by atoms with Gasteiger partial charge in [0.15, 0.2) is 5.69 Å². The molecule has 6 nitrogen and oxygen atoms in total. The topological polar surface area (TPSA) is 105 Å². The molecule has 94 valence electrons. The minimum absolute atomic E-state index is 0.0561. The van der Waals surface area contributed by atoms with Crippen molar-refractivity contribution in [3.8, 4) is 17.0 Å². The van der Waals surface area contributed by atoms with Crippen molar-refractivity contribution in [3.05, 3.63) is 26.3 Å². The van der Waals surface area contributed by atoms with Crippen molar-refractivity contribution < 1.29 is 9.90 Å². The minimum atomic E-state index is -0.777. The molecule has 0 saturated heterocycles. The number of benzene rings is 1. The second-order valence-electron chi connectivity index (χ2n) is 3.27. The van der Waals surface area contributed by atoms with Gasteiger partial charge in [0.25, 0.3) is 5.91 Å². The van der Waals surface area contributed by atoms with Crippen LogP contribution in [0.1, 0.15) is 10.5 Å². The van der Waals surface area contributed by atoms with E-state index in [-0.39, 0.29) is 32.7 Å². The number of carbonyl (C=O) groups is 1. The van der Waals surface area contributed by atoms with Crippen LogP contribution in [-0.4, -0.2) is 26.4 Å². The van der Waals surface area contributed by atoms with E-state index in [0.717, 1.165) is 0 Å². The fourth-order valence-corrected chi connectivity index (χ4v) is 2.25. The number of primary amides is 1. The molecule has 1 aromatic heterocycles. The molecule has 2 aromatic rings. The van der Waals surface area contributed by atoms with E-state index < -0.39 is 5.91 Å². The second kappa shape index (κ2) is 4.75. The maximum Gasteiger partial charge on any atom is 0.271 e. The quantitative estimate of drug-likeness (QED) is 0.722. The molecule has 0 spiro atoms. The Morgan fingerprint density at radius 3 is 2.67 bits per heavy atom. The normalized spacial score (nSPS) is 10.6. The van der Waals surface area contributed by atoms with Crippen molar-refractivity contribution in [1.82, 2.24) is 15.4 Å². The first-order valence-corrected chi connectivity index (χ1v) is 6.05. The zero-order valence-corrected chi connectivity index (χ0v) is 11.6. The van der Waals surface area contributed by atoms with Crippen LogP contribution < -0.4 is 5.73 Å². The molecule has 1 aromatic carbocycles. The van der Waals surface area contributed by atoms with Crippen LogP contribution >= 0.6 is 39.1 Å². The summed E-state index contributed by atoms with van der Waals surface area (Å²) < 4.78 is 0.445. The lowest BCUT2D eigenvalue weighted by atomic mass is 10.1. The van der Waals surface area contributed by atoms with E-state index in [1.54, 1.807) is 0 Å². The van der Waals surface area contributed by atoms with Gasteiger partial charge in [-0.15, -0.1) is 0 Å². The van der Waals surface area contributed by atoms with Crippen molar-refractivity contribution >= 4 is 45.0 Å². The molecule has 4 N–H and O–H groups in total. The van der Waals surface area contributed by atoms with Gasteiger partial charge in [-0.1, -0.05) is 23.2 Å². The fourth-order valence-electron chi connectivity index (χ4n) is 1.36. The molecule has 0 aliphatic carbocycles. The van der Waals surface area contributed by atoms with Gasteiger partial charge in [0.1, 0.15) is 16.5 Å². The molecule has 0 fully saturated rings. The van der Waals surface area contributed by atoms with E-state index in [2.05, 4.69) is 31.3 Å². The molecule has 0 bridgehead atoms. The molecule has 0 atom stereocenters. The van der Waals surface area contributed by atoms with Gasteiger partial charge in [-0.25, -0.2) is 0 Å². The monoisotopic (exact) mass is 350 g/mol. The number of amides is 1. The number of H-pyrrole nitrogens is 1. The summed E-state index contributed by atoms with van der Waals surface area (Å²) in [6.07, 6.45) is 0. The number of hydrogen-bond donors (Lipinski definition) is 3. The standard InChI is InChI=1S/C9H5BrCl2N4O2/c10-3-1-2(8(17)5(12)4(3)11)6-7(9(13)18)15-16-14-6/h1,17H,(H2,13,18)(H,14,15,16). The second-order valence-corrected chi connectivity index (χ2v) is 4.88. The summed E-state index contributed by atoms with van der Waals surface area (Å²) in [4.78, 5) is 11.2. The van der Waals surface area contributed by atoms with Crippen molar-refractivity contribution in [2.24, 2.45) is 5.73 Å². The third-order valence-corrected chi connectivity index (χ3v) is 3.88. The number of rotatable bonds is 2. The lowest BCUT2D eigenvalue weighted by Gasteiger charge is -2.07. The number of aromatic nitrogens is 3. The molecule has 2 rings (SSSR count). The van der Waals surface area contributed by atoms with Crippen LogP contribution in [0.25, 0.3) is 11.3 Å². The molecule has 0 saturated carbocycles. The molecular formula is C9H5BrCl2N4O2. The first-order valence-electron chi connectivity index (χ1n) is 4.51. The molecule has 1 amide bonds. The Kier molecular flexibility index (Phi) is 3.47. The summed E-state index contributed by atoms with van der Waals surface area (Å²) in [7, 11) is 0. The highest BCUT2D eigenvalue weighted by atomic mass is 79.9. The third kappa shape index (κ3) is 2.05. The number of phenols is 1. The molecule has 0 unspecified atom stereocenters. The average Bonchev–Trinajstić information content (AvgIpc) is 2.80. The number of nitrogens with one attached hydrogen (secondary N) is 1. The lowest BCUT2D eigenvalue weighted by molar-refractivity contribution is 0.0996. The van der Waals surface area contributed by atoms with E-state index in [1.807, 2.05) is 0 Å². The molecule has 0 aliphatic heterocycles. The molecule has 18 heavy (non-hydrogen) atoms. The van der Waals surface area contributed by atoms with E-state index >= 15 is 0 Å². The van der Waals surface area contributed by atoms with E-state index in [9.17, 15) is 9.90 Å². The Balaban J connectivity index is 2.72. The van der Waals surface area contributed by atoms with Crippen LogP contribution in [-0.2, 0) is 0 Å². The Morgan fingerprint density at radius 2 is 2.06 bits per heavy atom. The molecular weight excluding hydrogens is 347 g/mol. The van der Waals surface area contributed by atoms with Gasteiger partial charge in [0.2, 0.25) is 0 Å². The highest BCUT2D eigenvalue weighted by Gasteiger charge is 2.22. The Labute approximate surface area is 119 Å². The van der Waals surface area contributed by atoms with Crippen molar-refractivity contribution in [1.29, 1.82) is 0 Å². The van der Waals surface area contributed by atoms with Gasteiger partial charge in [0.05, 0.1) is 5.02 Å². The summed E-state index contributed by atoms with van der Waals surface area (Å²) in [6.45, 7) is 0. The summed E-state index contributed by atoms with van der Waals surface area (Å²) in [6, 6.07) is 1.47. The lowest BCUT2D eigenvalue weighted by Crippen LogP contribution is -2.12. The predicted octanol–water partition coefficient (Wildman–Crippen LogP) is 2.35. The van der Waals surface area contributed by atoms with Crippen LogP contribution in [0.15, 0.2) is 10.5 Å². The van der Waals surface area contributed by atoms with Crippen LogP contribution in [0.5, 0.6) is 5.75 Å².